The molecule has 192 valence electrons. The largest absolute Gasteiger partial charge is 0.493 e. The average Bonchev–Trinajstić information content (AvgIpc) is 3.37. The molecule has 1 fully saturated rings. The van der Waals surface area contributed by atoms with Gasteiger partial charge >= 0.3 is 5.97 Å². The van der Waals surface area contributed by atoms with Crippen LogP contribution in [0.2, 0.25) is 5.02 Å². The molecule has 1 heterocycles. The van der Waals surface area contributed by atoms with Gasteiger partial charge in [0, 0.05) is 28.1 Å². The van der Waals surface area contributed by atoms with Gasteiger partial charge in [0.05, 0.1) is 17.5 Å². The van der Waals surface area contributed by atoms with Crippen molar-refractivity contribution in [1.82, 2.24) is 5.32 Å². The second kappa shape index (κ2) is 11.1. The molecule has 3 atom stereocenters. The second-order valence-corrected chi connectivity index (χ2v) is 10.7. The second-order valence-electron chi connectivity index (χ2n) is 9.43. The molecule has 1 aliphatic heterocycles. The van der Waals surface area contributed by atoms with E-state index in [4.69, 9.17) is 21.1 Å². The van der Waals surface area contributed by atoms with Gasteiger partial charge in [0.15, 0.2) is 0 Å². The number of fused-ring (bicyclic) bond motifs is 1. The fraction of sp³-hybridized carbons (Fsp3) is 0.310. The van der Waals surface area contributed by atoms with Crippen molar-refractivity contribution >= 4 is 35.2 Å². The summed E-state index contributed by atoms with van der Waals surface area (Å²) in [5.74, 6) is 0.151. The summed E-state index contributed by atoms with van der Waals surface area (Å²) in [6.45, 7) is 0.320. The van der Waals surface area contributed by atoms with Crippen molar-refractivity contribution in [2.45, 2.75) is 48.5 Å². The maximum atomic E-state index is 12.9. The number of carbonyl (C=O) groups is 2. The number of rotatable bonds is 7. The molecular weight excluding hydrogens is 510 g/mol. The third kappa shape index (κ3) is 5.73. The molecule has 0 saturated heterocycles. The number of ether oxygens (including phenoxy) is 2. The Kier molecular flexibility index (Phi) is 7.63. The van der Waals surface area contributed by atoms with E-state index in [0.717, 1.165) is 19.3 Å². The zero-order chi connectivity index (χ0) is 25.9. The van der Waals surface area contributed by atoms with Gasteiger partial charge in [0.25, 0.3) is 5.91 Å². The zero-order valence-corrected chi connectivity index (χ0v) is 22.0. The number of nitrogens with one attached hydrogen (secondary N) is 1. The van der Waals surface area contributed by atoms with E-state index in [1.54, 1.807) is 48.2 Å². The van der Waals surface area contributed by atoms with Crippen molar-refractivity contribution < 1.29 is 24.2 Å². The van der Waals surface area contributed by atoms with E-state index >= 15 is 0 Å². The monoisotopic (exact) mass is 537 g/mol. The molecule has 6 nitrogen and oxygen atoms in total. The Hall–Kier alpha value is -3.16. The van der Waals surface area contributed by atoms with Crippen molar-refractivity contribution in [2.24, 2.45) is 0 Å². The molecule has 1 saturated carbocycles. The number of halogens is 1. The molecule has 0 bridgehead atoms. The summed E-state index contributed by atoms with van der Waals surface area (Å²) in [6.07, 6.45) is 5.44. The lowest BCUT2D eigenvalue weighted by Gasteiger charge is -2.24. The summed E-state index contributed by atoms with van der Waals surface area (Å²) in [5, 5.41) is 12.9. The van der Waals surface area contributed by atoms with Gasteiger partial charge in [0.2, 0.25) is 0 Å². The molecule has 0 radical (unpaired) electrons. The molecule has 2 N–H and O–H groups in total. The van der Waals surface area contributed by atoms with Crippen LogP contribution in [0.4, 0.5) is 0 Å². The molecule has 8 heteroatoms. The number of carboxylic acid groups (broad SMARTS) is 1. The van der Waals surface area contributed by atoms with E-state index in [9.17, 15) is 14.7 Å². The Morgan fingerprint density at radius 2 is 1.89 bits per heavy atom. The molecule has 3 aromatic rings. The van der Waals surface area contributed by atoms with Crippen molar-refractivity contribution in [1.29, 1.82) is 0 Å². The Morgan fingerprint density at radius 1 is 1.08 bits per heavy atom. The standard InChI is InChI=1S/C29H28ClNO5S/c1-37-22-4-2-3-18(14-22)19-5-8-20(13-19)31-28(32)17-6-9-21(10-7-17)36-27-16-26-24(15-25(27)30)23(29(33)34)11-12-35-26/h2-4,6-7,9-10,14-16,19-20,23H,5,8,11-13H2,1H3,(H,31,32)(H,33,34). The summed E-state index contributed by atoms with van der Waals surface area (Å²) < 4.78 is 11.6. The van der Waals surface area contributed by atoms with E-state index in [1.165, 1.54) is 10.5 Å². The van der Waals surface area contributed by atoms with Crippen LogP contribution in [0.1, 0.15) is 59.0 Å². The lowest BCUT2D eigenvalue weighted by molar-refractivity contribution is -0.139. The summed E-state index contributed by atoms with van der Waals surface area (Å²) in [4.78, 5) is 25.7. The average molecular weight is 538 g/mol. The van der Waals surface area contributed by atoms with Crippen LogP contribution in [0.25, 0.3) is 0 Å². The van der Waals surface area contributed by atoms with E-state index in [1.807, 2.05) is 0 Å². The SMILES string of the molecule is CSc1cccc(C2CCC(NC(=O)c3ccc(Oc4cc5c(cc4Cl)C(C(=O)O)CCO5)cc3)C2)c1. The fourth-order valence-corrected chi connectivity index (χ4v) is 5.78. The van der Waals surface area contributed by atoms with E-state index in [2.05, 4.69) is 35.8 Å². The van der Waals surface area contributed by atoms with Gasteiger partial charge < -0.3 is 19.9 Å². The molecule has 3 aromatic carbocycles. The number of carbonyl (C=O) groups excluding carboxylic acids is 1. The number of benzene rings is 3. The Balaban J connectivity index is 1.21. The van der Waals surface area contributed by atoms with E-state index in [-0.39, 0.29) is 11.9 Å². The minimum atomic E-state index is -0.902. The van der Waals surface area contributed by atoms with Crippen LogP contribution in [-0.4, -0.2) is 35.9 Å². The van der Waals surface area contributed by atoms with E-state index in [0.29, 0.717) is 52.3 Å². The Bertz CT molecular complexity index is 1310. The molecule has 5 rings (SSSR count). The number of hydrogen-bond acceptors (Lipinski definition) is 5. The molecular formula is C29H28ClNO5S. The zero-order valence-electron chi connectivity index (χ0n) is 20.4. The van der Waals surface area contributed by atoms with Crippen LogP contribution >= 0.6 is 23.4 Å². The quantitative estimate of drug-likeness (QED) is 0.320. The highest BCUT2D eigenvalue weighted by molar-refractivity contribution is 7.98. The van der Waals surface area contributed by atoms with Crippen molar-refractivity contribution in [3.05, 3.63) is 82.4 Å². The predicted molar refractivity (Wildman–Crippen MR) is 145 cm³/mol. The van der Waals surface area contributed by atoms with Gasteiger partial charge in [-0.05, 0) is 85.9 Å². The van der Waals surface area contributed by atoms with Crippen molar-refractivity contribution in [2.75, 3.05) is 12.9 Å². The highest BCUT2D eigenvalue weighted by atomic mass is 35.5. The third-order valence-corrected chi connectivity index (χ3v) is 8.10. The topological polar surface area (TPSA) is 84.9 Å². The highest BCUT2D eigenvalue weighted by Gasteiger charge is 2.29. The molecule has 3 unspecified atom stereocenters. The molecule has 37 heavy (non-hydrogen) atoms. The summed E-state index contributed by atoms with van der Waals surface area (Å²) in [5.41, 5.74) is 2.45. The number of carboxylic acids is 1. The van der Waals surface area contributed by atoms with Crippen LogP contribution in [0.15, 0.2) is 65.6 Å². The van der Waals surface area contributed by atoms with E-state index < -0.39 is 11.9 Å². The van der Waals surface area contributed by atoms with Gasteiger partial charge in [-0.1, -0.05) is 23.7 Å². The number of amides is 1. The molecule has 0 aromatic heterocycles. The summed E-state index contributed by atoms with van der Waals surface area (Å²) >= 11 is 8.14. The first-order valence-corrected chi connectivity index (χ1v) is 13.9. The summed E-state index contributed by atoms with van der Waals surface area (Å²) in [6, 6.07) is 18.9. The summed E-state index contributed by atoms with van der Waals surface area (Å²) in [7, 11) is 0. The normalized spacial score (nSPS) is 20.5. The Labute approximate surface area is 225 Å². The van der Waals surface area contributed by atoms with Gasteiger partial charge in [-0.3, -0.25) is 9.59 Å². The molecule has 1 aliphatic carbocycles. The predicted octanol–water partition coefficient (Wildman–Crippen LogP) is 6.87. The van der Waals surface area contributed by atoms with Gasteiger partial charge in [-0.15, -0.1) is 11.8 Å². The molecule has 2 aliphatic rings. The van der Waals surface area contributed by atoms with Crippen LogP contribution in [0.3, 0.4) is 0 Å². The molecule has 0 spiro atoms. The minimum absolute atomic E-state index is 0.102. The first kappa shape index (κ1) is 25.5. The van der Waals surface area contributed by atoms with Crippen molar-refractivity contribution in [3.63, 3.8) is 0 Å². The van der Waals surface area contributed by atoms with Gasteiger partial charge in [0.1, 0.15) is 17.2 Å². The number of aliphatic carboxylic acids is 1. The lowest BCUT2D eigenvalue weighted by Crippen LogP contribution is -2.32. The highest BCUT2D eigenvalue weighted by Crippen LogP contribution is 2.42. The van der Waals surface area contributed by atoms with Crippen LogP contribution in [-0.2, 0) is 4.79 Å². The number of hydrogen-bond donors (Lipinski definition) is 2. The van der Waals surface area contributed by atoms with Crippen molar-refractivity contribution in [3.8, 4) is 17.2 Å². The van der Waals surface area contributed by atoms with Crippen LogP contribution < -0.4 is 14.8 Å². The molecule has 1 amide bonds. The first-order chi connectivity index (χ1) is 17.9. The maximum Gasteiger partial charge on any atom is 0.311 e. The first-order valence-electron chi connectivity index (χ1n) is 12.3. The lowest BCUT2D eigenvalue weighted by atomic mass is 9.93. The van der Waals surface area contributed by atoms with Crippen LogP contribution in [0, 0.1) is 0 Å². The van der Waals surface area contributed by atoms with Gasteiger partial charge in [-0.2, -0.15) is 0 Å². The minimum Gasteiger partial charge on any atom is -0.493 e. The maximum absolute atomic E-state index is 12.9. The smallest absolute Gasteiger partial charge is 0.311 e. The van der Waals surface area contributed by atoms with Gasteiger partial charge in [-0.25, -0.2) is 0 Å². The van der Waals surface area contributed by atoms with Crippen LogP contribution in [0.5, 0.6) is 17.2 Å². The Morgan fingerprint density at radius 3 is 2.65 bits per heavy atom. The fourth-order valence-electron chi connectivity index (χ4n) is 5.11. The number of thioether (sulfide) groups is 1. The third-order valence-electron chi connectivity index (χ3n) is 7.08.